The molecule has 1 aromatic heterocycles. The summed E-state index contributed by atoms with van der Waals surface area (Å²) in [6, 6.07) is 7.70. The van der Waals surface area contributed by atoms with E-state index in [0.717, 1.165) is 10.2 Å². The third kappa shape index (κ3) is 1.74. The van der Waals surface area contributed by atoms with Gasteiger partial charge in [-0.3, -0.25) is 14.5 Å². The van der Waals surface area contributed by atoms with Gasteiger partial charge in [0.2, 0.25) is 11.8 Å². The van der Waals surface area contributed by atoms with Crippen LogP contribution in [0.4, 0.5) is 5.13 Å². The number of primary amides is 1. The number of rotatable bonds is 2. The van der Waals surface area contributed by atoms with Crippen LogP contribution in [0.5, 0.6) is 0 Å². The molecule has 1 atom stereocenters. The van der Waals surface area contributed by atoms with Gasteiger partial charge in [-0.1, -0.05) is 23.5 Å². The topological polar surface area (TPSA) is 76.3 Å². The Morgan fingerprint density at radius 3 is 2.89 bits per heavy atom. The Balaban J connectivity index is 1.95. The molecule has 2 heterocycles. The van der Waals surface area contributed by atoms with Gasteiger partial charge in [-0.15, -0.1) is 0 Å². The number of hydrogen-bond acceptors (Lipinski definition) is 4. The molecule has 1 fully saturated rings. The zero-order valence-corrected chi connectivity index (χ0v) is 10.3. The van der Waals surface area contributed by atoms with E-state index < -0.39 is 11.8 Å². The number of benzene rings is 1. The number of anilines is 1. The Labute approximate surface area is 107 Å². The molecule has 1 aromatic carbocycles. The van der Waals surface area contributed by atoms with E-state index in [1.165, 1.54) is 11.3 Å². The van der Waals surface area contributed by atoms with E-state index in [-0.39, 0.29) is 12.3 Å². The third-order valence-electron chi connectivity index (χ3n) is 3.04. The molecule has 1 saturated heterocycles. The van der Waals surface area contributed by atoms with Crippen molar-refractivity contribution in [3.8, 4) is 0 Å². The van der Waals surface area contributed by atoms with E-state index >= 15 is 0 Å². The first-order chi connectivity index (χ1) is 8.65. The number of aromatic nitrogens is 1. The Bertz CT molecular complexity index is 604. The number of nitrogens with two attached hydrogens (primary N) is 1. The van der Waals surface area contributed by atoms with Crippen LogP contribution in [-0.4, -0.2) is 23.3 Å². The monoisotopic (exact) mass is 261 g/mol. The minimum Gasteiger partial charge on any atom is -0.369 e. The summed E-state index contributed by atoms with van der Waals surface area (Å²) in [5.74, 6) is -0.908. The maximum Gasteiger partial charge on any atom is 0.229 e. The van der Waals surface area contributed by atoms with E-state index in [2.05, 4.69) is 4.98 Å². The zero-order chi connectivity index (χ0) is 12.7. The first-order valence-corrected chi connectivity index (χ1v) is 6.42. The largest absolute Gasteiger partial charge is 0.369 e. The Morgan fingerprint density at radius 2 is 2.22 bits per heavy atom. The molecule has 0 aliphatic carbocycles. The van der Waals surface area contributed by atoms with Crippen molar-refractivity contribution < 1.29 is 9.59 Å². The molecule has 5 nitrogen and oxygen atoms in total. The fourth-order valence-corrected chi connectivity index (χ4v) is 3.05. The second-order valence-electron chi connectivity index (χ2n) is 4.27. The minimum absolute atomic E-state index is 0.0853. The maximum atomic E-state index is 11.9. The molecule has 2 amide bonds. The highest BCUT2D eigenvalue weighted by Crippen LogP contribution is 2.32. The van der Waals surface area contributed by atoms with Gasteiger partial charge in [0.05, 0.1) is 16.1 Å². The van der Waals surface area contributed by atoms with Crippen LogP contribution >= 0.6 is 11.3 Å². The second kappa shape index (κ2) is 4.06. The maximum absolute atomic E-state index is 11.9. The van der Waals surface area contributed by atoms with Crippen LogP contribution in [0.3, 0.4) is 0 Å². The number of nitrogens with zero attached hydrogens (tertiary/aromatic N) is 2. The lowest BCUT2D eigenvalue weighted by Crippen LogP contribution is -2.28. The van der Waals surface area contributed by atoms with Gasteiger partial charge < -0.3 is 5.73 Å². The van der Waals surface area contributed by atoms with Gasteiger partial charge in [-0.2, -0.15) is 0 Å². The van der Waals surface area contributed by atoms with Crippen molar-refractivity contribution in [2.45, 2.75) is 6.42 Å². The Morgan fingerprint density at radius 1 is 1.44 bits per heavy atom. The Kier molecular flexibility index (Phi) is 2.52. The van der Waals surface area contributed by atoms with Crippen molar-refractivity contribution in [1.82, 2.24) is 4.98 Å². The molecule has 92 valence electrons. The number of hydrogen-bond donors (Lipinski definition) is 1. The van der Waals surface area contributed by atoms with Crippen LogP contribution in [0.25, 0.3) is 10.2 Å². The summed E-state index contributed by atoms with van der Waals surface area (Å²) in [6.45, 7) is 0.341. The van der Waals surface area contributed by atoms with E-state index in [1.54, 1.807) is 4.90 Å². The standard InChI is InChI=1S/C12H11N3O2S/c13-11(17)7-5-10(16)15(6-7)12-14-8-3-1-2-4-9(8)18-12/h1-4,7H,5-6H2,(H2,13,17)/t7-/m0/s1. The smallest absolute Gasteiger partial charge is 0.229 e. The SMILES string of the molecule is NC(=O)[C@H]1CC(=O)N(c2nc3ccccc3s2)C1. The summed E-state index contributed by atoms with van der Waals surface area (Å²) < 4.78 is 1.03. The van der Waals surface area contributed by atoms with Gasteiger partial charge in [0.1, 0.15) is 0 Å². The highest BCUT2D eigenvalue weighted by Gasteiger charge is 2.35. The molecule has 18 heavy (non-hydrogen) atoms. The van der Waals surface area contributed by atoms with Crippen molar-refractivity contribution in [2.24, 2.45) is 11.7 Å². The third-order valence-corrected chi connectivity index (χ3v) is 4.10. The van der Waals surface area contributed by atoms with Crippen LogP contribution in [0, 0.1) is 5.92 Å². The average molecular weight is 261 g/mol. The molecule has 1 aliphatic rings. The van der Waals surface area contributed by atoms with Gasteiger partial charge in [0.25, 0.3) is 0 Å². The van der Waals surface area contributed by atoms with Gasteiger partial charge in [0.15, 0.2) is 5.13 Å². The number of carbonyl (C=O) groups is 2. The normalized spacial score (nSPS) is 19.7. The van der Waals surface area contributed by atoms with Gasteiger partial charge in [-0.05, 0) is 12.1 Å². The molecule has 0 unspecified atom stereocenters. The van der Waals surface area contributed by atoms with Crippen molar-refractivity contribution in [3.63, 3.8) is 0 Å². The van der Waals surface area contributed by atoms with Gasteiger partial charge in [-0.25, -0.2) is 4.98 Å². The molecule has 1 aliphatic heterocycles. The summed E-state index contributed by atoms with van der Waals surface area (Å²) in [7, 11) is 0. The summed E-state index contributed by atoms with van der Waals surface area (Å²) in [6.07, 6.45) is 0.186. The molecular weight excluding hydrogens is 250 g/mol. The van der Waals surface area contributed by atoms with Crippen LogP contribution < -0.4 is 10.6 Å². The minimum atomic E-state index is -0.424. The van der Waals surface area contributed by atoms with Gasteiger partial charge >= 0.3 is 0 Å². The lowest BCUT2D eigenvalue weighted by atomic mass is 10.1. The van der Waals surface area contributed by atoms with Crippen LogP contribution in [0.2, 0.25) is 0 Å². The summed E-state index contributed by atoms with van der Waals surface area (Å²) in [5, 5.41) is 0.643. The van der Waals surface area contributed by atoms with Crippen molar-refractivity contribution in [2.75, 3.05) is 11.4 Å². The number of thiazole rings is 1. The number of carbonyl (C=O) groups excluding carboxylic acids is 2. The van der Waals surface area contributed by atoms with Crippen LogP contribution in [-0.2, 0) is 9.59 Å². The van der Waals surface area contributed by atoms with E-state index in [4.69, 9.17) is 5.73 Å². The average Bonchev–Trinajstić information content (AvgIpc) is 2.91. The zero-order valence-electron chi connectivity index (χ0n) is 9.50. The molecule has 2 aromatic rings. The highest BCUT2D eigenvalue weighted by atomic mass is 32.1. The molecule has 6 heteroatoms. The predicted molar refractivity (Wildman–Crippen MR) is 69.3 cm³/mol. The highest BCUT2D eigenvalue weighted by molar-refractivity contribution is 7.22. The number of amides is 2. The molecule has 0 bridgehead atoms. The fraction of sp³-hybridized carbons (Fsp3) is 0.250. The fourth-order valence-electron chi connectivity index (χ4n) is 2.06. The molecule has 3 rings (SSSR count). The molecule has 0 saturated carbocycles. The predicted octanol–water partition coefficient (Wildman–Crippen LogP) is 1.13. The van der Waals surface area contributed by atoms with Crippen LogP contribution in [0.1, 0.15) is 6.42 Å². The lowest BCUT2D eigenvalue weighted by molar-refractivity contribution is -0.123. The number of fused-ring (bicyclic) bond motifs is 1. The van der Waals surface area contributed by atoms with E-state index in [0.29, 0.717) is 11.7 Å². The summed E-state index contributed by atoms with van der Waals surface area (Å²) >= 11 is 1.45. The van der Waals surface area contributed by atoms with Gasteiger partial charge in [0, 0.05) is 13.0 Å². The molecule has 0 spiro atoms. The lowest BCUT2D eigenvalue weighted by Gasteiger charge is -2.11. The molecular formula is C12H11N3O2S. The number of para-hydroxylation sites is 1. The summed E-state index contributed by atoms with van der Waals surface area (Å²) in [5.41, 5.74) is 6.11. The summed E-state index contributed by atoms with van der Waals surface area (Å²) in [4.78, 5) is 28.9. The van der Waals surface area contributed by atoms with E-state index in [1.807, 2.05) is 24.3 Å². The van der Waals surface area contributed by atoms with Crippen molar-refractivity contribution >= 4 is 38.5 Å². The Hall–Kier alpha value is -1.95. The first kappa shape index (κ1) is 11.2. The first-order valence-electron chi connectivity index (χ1n) is 5.60. The molecule has 2 N–H and O–H groups in total. The quantitative estimate of drug-likeness (QED) is 0.880. The van der Waals surface area contributed by atoms with Crippen molar-refractivity contribution in [1.29, 1.82) is 0 Å². The van der Waals surface area contributed by atoms with E-state index in [9.17, 15) is 9.59 Å². The van der Waals surface area contributed by atoms with Crippen molar-refractivity contribution in [3.05, 3.63) is 24.3 Å². The second-order valence-corrected chi connectivity index (χ2v) is 5.28. The molecule has 0 radical (unpaired) electrons. The van der Waals surface area contributed by atoms with Crippen LogP contribution in [0.15, 0.2) is 24.3 Å².